The van der Waals surface area contributed by atoms with Crippen molar-refractivity contribution in [2.45, 2.75) is 43.4 Å². The molecule has 2 aliphatic rings. The second kappa shape index (κ2) is 4.07. The number of nitrogens with zero attached hydrogens (tertiary/aromatic N) is 1. The van der Waals surface area contributed by atoms with E-state index in [9.17, 15) is 9.50 Å². The maximum Gasteiger partial charge on any atom is 0.123 e. The van der Waals surface area contributed by atoms with Crippen molar-refractivity contribution in [3.8, 4) is 0 Å². The van der Waals surface area contributed by atoms with Crippen molar-refractivity contribution in [3.63, 3.8) is 0 Å². The van der Waals surface area contributed by atoms with Crippen LogP contribution in [-0.2, 0) is 0 Å². The molecular formula is C14H18FNO. The minimum Gasteiger partial charge on any atom is -0.391 e. The first kappa shape index (κ1) is 11.2. The molecule has 0 saturated carbocycles. The highest BCUT2D eigenvalue weighted by Crippen LogP contribution is 2.42. The molecule has 0 spiro atoms. The predicted molar refractivity (Wildman–Crippen MR) is 64.3 cm³/mol. The average molecular weight is 235 g/mol. The lowest BCUT2D eigenvalue weighted by molar-refractivity contribution is 0.0948. The fraction of sp³-hybridized carbons (Fsp3) is 0.571. The molecule has 17 heavy (non-hydrogen) atoms. The number of likely N-dealkylation sites (N-methyl/N-ethyl adjacent to an activating group) is 1. The van der Waals surface area contributed by atoms with E-state index in [1.165, 1.54) is 17.7 Å². The lowest BCUT2D eigenvalue weighted by atomic mass is 9.85. The largest absolute Gasteiger partial charge is 0.391 e. The minimum atomic E-state index is -0.185. The molecule has 1 aromatic rings. The van der Waals surface area contributed by atoms with Crippen LogP contribution in [0.1, 0.15) is 30.7 Å². The summed E-state index contributed by atoms with van der Waals surface area (Å²) < 4.78 is 12.9. The lowest BCUT2D eigenvalue weighted by Crippen LogP contribution is -2.41. The minimum absolute atomic E-state index is 0.176. The van der Waals surface area contributed by atoms with Crippen LogP contribution in [0.25, 0.3) is 0 Å². The van der Waals surface area contributed by atoms with E-state index in [4.69, 9.17) is 0 Å². The van der Waals surface area contributed by atoms with Crippen LogP contribution < -0.4 is 0 Å². The zero-order chi connectivity index (χ0) is 12.0. The lowest BCUT2D eigenvalue weighted by Gasteiger charge is -2.36. The Bertz CT molecular complexity index is 405. The van der Waals surface area contributed by atoms with Gasteiger partial charge in [-0.25, -0.2) is 4.39 Å². The second-order valence-electron chi connectivity index (χ2n) is 5.41. The van der Waals surface area contributed by atoms with E-state index in [-0.39, 0.29) is 18.0 Å². The van der Waals surface area contributed by atoms with Crippen LogP contribution in [0.5, 0.6) is 0 Å². The molecule has 0 amide bonds. The Hall–Kier alpha value is -0.930. The van der Waals surface area contributed by atoms with Crippen LogP contribution >= 0.6 is 0 Å². The molecule has 0 radical (unpaired) electrons. The summed E-state index contributed by atoms with van der Waals surface area (Å²) >= 11 is 0. The van der Waals surface area contributed by atoms with Crippen molar-refractivity contribution in [3.05, 3.63) is 35.6 Å². The summed E-state index contributed by atoms with van der Waals surface area (Å²) in [7, 11) is 2.10. The highest BCUT2D eigenvalue weighted by atomic mass is 19.1. The third-order valence-corrected chi connectivity index (χ3v) is 4.48. The van der Waals surface area contributed by atoms with Gasteiger partial charge in [0.25, 0.3) is 0 Å². The number of aliphatic hydroxyl groups is 1. The normalized spacial score (nSPS) is 37.4. The third kappa shape index (κ3) is 1.87. The van der Waals surface area contributed by atoms with Crippen molar-refractivity contribution >= 4 is 0 Å². The fourth-order valence-electron chi connectivity index (χ4n) is 3.45. The highest BCUT2D eigenvalue weighted by Gasteiger charge is 2.44. The Balaban J connectivity index is 1.81. The zero-order valence-corrected chi connectivity index (χ0v) is 10.0. The summed E-state index contributed by atoms with van der Waals surface area (Å²) in [6.45, 7) is 0. The van der Waals surface area contributed by atoms with E-state index in [1.807, 2.05) is 12.1 Å². The fourth-order valence-corrected chi connectivity index (χ4v) is 3.45. The van der Waals surface area contributed by atoms with Crippen LogP contribution in [-0.4, -0.2) is 35.2 Å². The Morgan fingerprint density at radius 2 is 1.88 bits per heavy atom. The van der Waals surface area contributed by atoms with Crippen LogP contribution in [0.2, 0.25) is 0 Å². The van der Waals surface area contributed by atoms with Gasteiger partial charge in [-0.05, 0) is 49.9 Å². The Kier molecular flexibility index (Phi) is 2.68. The molecule has 2 nitrogen and oxygen atoms in total. The Labute approximate surface area is 101 Å². The molecule has 0 aromatic heterocycles. The Morgan fingerprint density at radius 1 is 1.18 bits per heavy atom. The van der Waals surface area contributed by atoms with Crippen LogP contribution in [0, 0.1) is 5.82 Å². The molecule has 0 aliphatic carbocycles. The molecule has 2 aliphatic heterocycles. The smallest absolute Gasteiger partial charge is 0.123 e. The summed E-state index contributed by atoms with van der Waals surface area (Å²) in [5.74, 6) is 0.295. The molecule has 1 N–H and O–H groups in total. The van der Waals surface area contributed by atoms with Gasteiger partial charge in [-0.2, -0.15) is 0 Å². The van der Waals surface area contributed by atoms with Gasteiger partial charge in [0.1, 0.15) is 5.82 Å². The standard InChI is InChI=1S/C14H18FNO/c1-16-12-6-10(7-13(16)14(17)8-12)9-2-4-11(15)5-3-9/h2-5,10,12-14,17H,6-8H2,1H3/t10-,12-,13-,14-/m1/s1. The number of benzene rings is 1. The number of halogens is 1. The first-order chi connectivity index (χ1) is 8.15. The first-order valence-electron chi connectivity index (χ1n) is 6.30. The zero-order valence-electron chi connectivity index (χ0n) is 10.0. The van der Waals surface area contributed by atoms with Gasteiger partial charge in [0, 0.05) is 12.1 Å². The maximum atomic E-state index is 12.9. The summed E-state index contributed by atoms with van der Waals surface area (Å²) in [5.41, 5.74) is 1.21. The number of piperidine rings is 1. The molecule has 4 atom stereocenters. The van der Waals surface area contributed by atoms with E-state index in [0.29, 0.717) is 12.0 Å². The summed E-state index contributed by atoms with van der Waals surface area (Å²) in [4.78, 5) is 2.31. The van der Waals surface area contributed by atoms with Crippen molar-refractivity contribution in [1.82, 2.24) is 4.90 Å². The summed E-state index contributed by atoms with van der Waals surface area (Å²) in [6.07, 6.45) is 2.77. The molecular weight excluding hydrogens is 217 g/mol. The SMILES string of the molecule is CN1[C@@H]2C[C@@H](c3ccc(F)cc3)C[C@@H]1[C@H](O)C2. The van der Waals surface area contributed by atoms with Crippen LogP contribution in [0.4, 0.5) is 4.39 Å². The van der Waals surface area contributed by atoms with Crippen molar-refractivity contribution in [1.29, 1.82) is 0 Å². The van der Waals surface area contributed by atoms with Crippen LogP contribution in [0.3, 0.4) is 0 Å². The van der Waals surface area contributed by atoms with Gasteiger partial charge in [0.2, 0.25) is 0 Å². The van der Waals surface area contributed by atoms with E-state index in [0.717, 1.165) is 19.3 Å². The second-order valence-corrected chi connectivity index (χ2v) is 5.41. The van der Waals surface area contributed by atoms with E-state index < -0.39 is 0 Å². The van der Waals surface area contributed by atoms with Gasteiger partial charge in [0.15, 0.2) is 0 Å². The van der Waals surface area contributed by atoms with Crippen LogP contribution in [0.15, 0.2) is 24.3 Å². The third-order valence-electron chi connectivity index (χ3n) is 4.48. The maximum absolute atomic E-state index is 12.9. The highest BCUT2D eigenvalue weighted by molar-refractivity contribution is 5.23. The van der Waals surface area contributed by atoms with E-state index >= 15 is 0 Å². The summed E-state index contributed by atoms with van der Waals surface area (Å²) in [6, 6.07) is 7.61. The molecule has 92 valence electrons. The predicted octanol–water partition coefficient (Wildman–Crippen LogP) is 2.14. The molecule has 2 heterocycles. The molecule has 3 rings (SSSR count). The molecule has 3 heteroatoms. The van der Waals surface area contributed by atoms with E-state index in [1.54, 1.807) is 0 Å². The average Bonchev–Trinajstić information content (AvgIpc) is 2.50. The molecule has 2 saturated heterocycles. The van der Waals surface area contributed by atoms with Gasteiger partial charge in [-0.1, -0.05) is 12.1 Å². The van der Waals surface area contributed by atoms with Gasteiger partial charge in [-0.3, -0.25) is 4.90 Å². The van der Waals surface area contributed by atoms with E-state index in [2.05, 4.69) is 11.9 Å². The topological polar surface area (TPSA) is 23.5 Å². The van der Waals surface area contributed by atoms with Gasteiger partial charge < -0.3 is 5.11 Å². The molecule has 0 unspecified atom stereocenters. The van der Waals surface area contributed by atoms with Crippen molar-refractivity contribution in [2.24, 2.45) is 0 Å². The number of hydrogen-bond donors (Lipinski definition) is 1. The Morgan fingerprint density at radius 3 is 2.53 bits per heavy atom. The quantitative estimate of drug-likeness (QED) is 0.806. The van der Waals surface area contributed by atoms with Gasteiger partial charge in [0.05, 0.1) is 6.10 Å². The van der Waals surface area contributed by atoms with Gasteiger partial charge >= 0.3 is 0 Å². The number of hydrogen-bond acceptors (Lipinski definition) is 2. The number of fused-ring (bicyclic) bond motifs is 2. The molecule has 2 fully saturated rings. The number of aliphatic hydroxyl groups excluding tert-OH is 1. The molecule has 1 aromatic carbocycles. The van der Waals surface area contributed by atoms with Crippen molar-refractivity contribution < 1.29 is 9.50 Å². The van der Waals surface area contributed by atoms with Gasteiger partial charge in [-0.15, -0.1) is 0 Å². The first-order valence-corrected chi connectivity index (χ1v) is 6.30. The summed E-state index contributed by atoms with van der Waals surface area (Å²) in [5, 5.41) is 9.98. The van der Waals surface area contributed by atoms with Crippen molar-refractivity contribution in [2.75, 3.05) is 7.05 Å². The molecule has 2 bridgehead atoms. The number of rotatable bonds is 1. The monoisotopic (exact) mass is 235 g/mol.